The number of phenols is 2. The van der Waals surface area contributed by atoms with Crippen LogP contribution < -0.4 is 0 Å². The average molecular weight is 182 g/mol. The molecule has 0 saturated carbocycles. The highest BCUT2D eigenvalue weighted by Gasteiger charge is 2.07. The molecule has 4 heteroatoms. The van der Waals surface area contributed by atoms with Crippen LogP contribution in [-0.2, 0) is 4.74 Å². The summed E-state index contributed by atoms with van der Waals surface area (Å²) in [5.74, 6) is -0.784. The van der Waals surface area contributed by atoms with Crippen LogP contribution in [0.2, 0.25) is 0 Å². The van der Waals surface area contributed by atoms with Gasteiger partial charge >= 0.3 is 0 Å². The van der Waals surface area contributed by atoms with Crippen LogP contribution in [0, 0.1) is 0 Å². The van der Waals surface area contributed by atoms with Gasteiger partial charge in [0.1, 0.15) is 6.61 Å². The van der Waals surface area contributed by atoms with E-state index in [1.54, 1.807) is 0 Å². The Hall–Kier alpha value is -1.55. The van der Waals surface area contributed by atoms with E-state index in [2.05, 4.69) is 4.74 Å². The Morgan fingerprint density at radius 3 is 2.62 bits per heavy atom. The van der Waals surface area contributed by atoms with Crippen LogP contribution in [0.5, 0.6) is 11.5 Å². The summed E-state index contributed by atoms with van der Waals surface area (Å²) in [6.07, 6.45) is 0. The molecule has 4 nitrogen and oxygen atoms in total. The minimum absolute atomic E-state index is 0.0375. The van der Waals surface area contributed by atoms with Gasteiger partial charge in [0.15, 0.2) is 17.3 Å². The van der Waals surface area contributed by atoms with Crippen LogP contribution in [-0.4, -0.2) is 29.7 Å². The van der Waals surface area contributed by atoms with E-state index in [4.69, 9.17) is 10.2 Å². The molecule has 0 unspecified atom stereocenters. The molecule has 0 saturated heterocycles. The summed E-state index contributed by atoms with van der Waals surface area (Å²) in [5.41, 5.74) is 0.317. The van der Waals surface area contributed by atoms with Crippen molar-refractivity contribution in [2.24, 2.45) is 0 Å². The highest BCUT2D eigenvalue weighted by atomic mass is 16.5. The Bertz CT molecular complexity index is 319. The summed E-state index contributed by atoms with van der Waals surface area (Å²) in [6, 6.07) is 3.89. The zero-order valence-corrected chi connectivity index (χ0v) is 7.15. The number of methoxy groups -OCH3 is 1. The first kappa shape index (κ1) is 9.54. The lowest BCUT2D eigenvalue weighted by molar-refractivity contribution is 0.0847. The van der Waals surface area contributed by atoms with Gasteiger partial charge in [0.25, 0.3) is 0 Å². The van der Waals surface area contributed by atoms with Gasteiger partial charge in [-0.15, -0.1) is 0 Å². The number of benzene rings is 1. The molecule has 0 aliphatic carbocycles. The fourth-order valence-corrected chi connectivity index (χ4v) is 0.911. The third-order valence-corrected chi connectivity index (χ3v) is 1.57. The first-order valence-electron chi connectivity index (χ1n) is 3.69. The van der Waals surface area contributed by atoms with Crippen LogP contribution in [0.15, 0.2) is 18.2 Å². The minimum atomic E-state index is -0.304. The maximum atomic E-state index is 11.2. The van der Waals surface area contributed by atoms with Crippen LogP contribution in [0.1, 0.15) is 10.4 Å². The number of ketones is 1. The molecule has 1 aromatic carbocycles. The van der Waals surface area contributed by atoms with Crippen molar-refractivity contribution < 1.29 is 19.7 Å². The average Bonchev–Trinajstić information content (AvgIpc) is 2.10. The first-order valence-corrected chi connectivity index (χ1v) is 3.69. The molecule has 0 aliphatic heterocycles. The Morgan fingerprint density at radius 1 is 1.38 bits per heavy atom. The summed E-state index contributed by atoms with van der Waals surface area (Å²) in [5, 5.41) is 18.0. The van der Waals surface area contributed by atoms with Gasteiger partial charge in [-0.2, -0.15) is 0 Å². The zero-order chi connectivity index (χ0) is 9.84. The van der Waals surface area contributed by atoms with Crippen molar-refractivity contribution in [1.82, 2.24) is 0 Å². The second kappa shape index (κ2) is 3.91. The molecular weight excluding hydrogens is 172 g/mol. The number of rotatable bonds is 3. The lowest BCUT2D eigenvalue weighted by Crippen LogP contribution is -2.06. The number of carbonyl (C=O) groups excluding carboxylic acids is 1. The van der Waals surface area contributed by atoms with Gasteiger partial charge in [-0.25, -0.2) is 0 Å². The lowest BCUT2D eigenvalue weighted by Gasteiger charge is -2.01. The highest BCUT2D eigenvalue weighted by Crippen LogP contribution is 2.24. The molecule has 2 N–H and O–H groups in total. The normalized spacial score (nSPS) is 9.92. The minimum Gasteiger partial charge on any atom is -0.504 e. The quantitative estimate of drug-likeness (QED) is 0.539. The number of Topliss-reactive ketones (excluding diaryl/α,β-unsaturated/α-hetero) is 1. The fraction of sp³-hybridized carbons (Fsp3) is 0.222. The van der Waals surface area contributed by atoms with Crippen molar-refractivity contribution in [2.45, 2.75) is 0 Å². The Labute approximate surface area is 75.4 Å². The standard InChI is InChI=1S/C9H10O4/c1-13-5-9(12)6-2-3-7(10)8(11)4-6/h2-4,10-11H,5H2,1H3. The Kier molecular flexibility index (Phi) is 2.87. The van der Waals surface area contributed by atoms with E-state index in [0.29, 0.717) is 5.56 Å². The number of phenolic OH excluding ortho intramolecular Hbond substituents is 2. The van der Waals surface area contributed by atoms with Gasteiger partial charge < -0.3 is 14.9 Å². The monoisotopic (exact) mass is 182 g/mol. The first-order chi connectivity index (χ1) is 6.15. The van der Waals surface area contributed by atoms with Crippen molar-refractivity contribution in [2.75, 3.05) is 13.7 Å². The topological polar surface area (TPSA) is 66.8 Å². The fourth-order valence-electron chi connectivity index (χ4n) is 0.911. The van der Waals surface area contributed by atoms with Crippen molar-refractivity contribution >= 4 is 5.78 Å². The molecule has 1 rings (SSSR count). The molecule has 0 amide bonds. The van der Waals surface area contributed by atoms with Gasteiger partial charge in [-0.3, -0.25) is 4.79 Å². The molecule has 0 aromatic heterocycles. The van der Waals surface area contributed by atoms with Crippen LogP contribution in [0.4, 0.5) is 0 Å². The van der Waals surface area contributed by atoms with Gasteiger partial charge in [-0.1, -0.05) is 0 Å². The number of ether oxygens (including phenoxy) is 1. The number of hydrogen-bond donors (Lipinski definition) is 2. The molecule has 0 aliphatic rings. The number of hydrogen-bond acceptors (Lipinski definition) is 4. The number of carbonyl (C=O) groups is 1. The van der Waals surface area contributed by atoms with Gasteiger partial charge in [0.2, 0.25) is 0 Å². The largest absolute Gasteiger partial charge is 0.504 e. The van der Waals surface area contributed by atoms with E-state index in [0.717, 1.165) is 0 Å². The predicted octanol–water partition coefficient (Wildman–Crippen LogP) is 0.927. The second-order valence-electron chi connectivity index (χ2n) is 2.56. The van der Waals surface area contributed by atoms with E-state index < -0.39 is 0 Å². The SMILES string of the molecule is COCC(=O)c1ccc(O)c(O)c1. The van der Waals surface area contributed by atoms with Crippen molar-refractivity contribution in [3.8, 4) is 11.5 Å². The smallest absolute Gasteiger partial charge is 0.188 e. The summed E-state index contributed by atoms with van der Waals surface area (Å²) in [7, 11) is 1.41. The highest BCUT2D eigenvalue weighted by molar-refractivity contribution is 5.97. The molecule has 1 aromatic rings. The van der Waals surface area contributed by atoms with Crippen molar-refractivity contribution in [1.29, 1.82) is 0 Å². The molecule has 13 heavy (non-hydrogen) atoms. The van der Waals surface area contributed by atoms with Crippen LogP contribution in [0.3, 0.4) is 0 Å². The summed E-state index contributed by atoms with van der Waals surface area (Å²) in [4.78, 5) is 11.2. The molecular formula is C9H10O4. The van der Waals surface area contributed by atoms with E-state index >= 15 is 0 Å². The second-order valence-corrected chi connectivity index (χ2v) is 2.56. The molecule has 70 valence electrons. The summed E-state index contributed by atoms with van der Waals surface area (Å²) in [6.45, 7) is -0.0375. The van der Waals surface area contributed by atoms with E-state index in [-0.39, 0.29) is 23.9 Å². The van der Waals surface area contributed by atoms with Crippen molar-refractivity contribution in [3.63, 3.8) is 0 Å². The summed E-state index contributed by atoms with van der Waals surface area (Å²) >= 11 is 0. The van der Waals surface area contributed by atoms with Crippen LogP contribution in [0.25, 0.3) is 0 Å². The third-order valence-electron chi connectivity index (χ3n) is 1.57. The molecule has 0 atom stereocenters. The van der Waals surface area contributed by atoms with Gasteiger partial charge in [0.05, 0.1) is 0 Å². The van der Waals surface area contributed by atoms with E-state index in [1.165, 1.54) is 25.3 Å². The lowest BCUT2D eigenvalue weighted by atomic mass is 10.1. The molecule has 0 heterocycles. The van der Waals surface area contributed by atoms with Gasteiger partial charge in [-0.05, 0) is 18.2 Å². The molecule has 0 bridgehead atoms. The molecule has 0 fully saturated rings. The van der Waals surface area contributed by atoms with Crippen LogP contribution >= 0.6 is 0 Å². The molecule has 0 spiro atoms. The van der Waals surface area contributed by atoms with E-state index in [9.17, 15) is 4.79 Å². The maximum absolute atomic E-state index is 11.2. The zero-order valence-electron chi connectivity index (χ0n) is 7.15. The van der Waals surface area contributed by atoms with E-state index in [1.807, 2.05) is 0 Å². The summed E-state index contributed by atoms with van der Waals surface area (Å²) < 4.78 is 4.63. The number of aromatic hydroxyl groups is 2. The predicted molar refractivity (Wildman–Crippen MR) is 46.0 cm³/mol. The Balaban J connectivity index is 2.90. The third kappa shape index (κ3) is 2.19. The van der Waals surface area contributed by atoms with Gasteiger partial charge in [0, 0.05) is 12.7 Å². The maximum Gasteiger partial charge on any atom is 0.188 e. The van der Waals surface area contributed by atoms with Crippen molar-refractivity contribution in [3.05, 3.63) is 23.8 Å². The molecule has 0 radical (unpaired) electrons. The Morgan fingerprint density at radius 2 is 2.08 bits per heavy atom.